The van der Waals surface area contributed by atoms with Crippen molar-refractivity contribution in [2.75, 3.05) is 11.4 Å². The second-order valence-electron chi connectivity index (χ2n) is 6.16. The third-order valence-corrected chi connectivity index (χ3v) is 4.66. The normalized spacial score (nSPS) is 17.0. The summed E-state index contributed by atoms with van der Waals surface area (Å²) in [6, 6.07) is 8.87. The average molecular weight is 370 g/mol. The van der Waals surface area contributed by atoms with Crippen LogP contribution in [-0.2, 0) is 16.1 Å². The molecule has 3 aromatic rings. The van der Waals surface area contributed by atoms with Crippen LogP contribution in [0.5, 0.6) is 0 Å². The summed E-state index contributed by atoms with van der Waals surface area (Å²) in [6.07, 6.45) is 5.35. The van der Waals surface area contributed by atoms with E-state index >= 15 is 0 Å². The average Bonchev–Trinajstić information content (AvgIpc) is 3.23. The molecule has 1 aliphatic heterocycles. The molecule has 1 unspecified atom stereocenters. The third-order valence-electron chi connectivity index (χ3n) is 4.42. The van der Waals surface area contributed by atoms with Gasteiger partial charge in [-0.15, -0.1) is 0 Å². The topological polar surface area (TPSA) is 79.6 Å². The number of nitrogens with one attached hydrogen (secondary N) is 1. The van der Waals surface area contributed by atoms with Gasteiger partial charge in [0.15, 0.2) is 5.65 Å². The number of carbonyl (C=O) groups excluding carboxylic acids is 2. The Balaban J connectivity index is 1.42. The summed E-state index contributed by atoms with van der Waals surface area (Å²) >= 11 is 5.99. The fraction of sp³-hybridized carbons (Fsp3) is 0.222. The van der Waals surface area contributed by atoms with Crippen molar-refractivity contribution in [2.24, 2.45) is 5.92 Å². The molecule has 26 heavy (non-hydrogen) atoms. The number of nitrogens with zero attached hydrogens (tertiary/aromatic N) is 4. The summed E-state index contributed by atoms with van der Waals surface area (Å²) in [5.74, 6) is -0.625. The minimum atomic E-state index is -0.392. The van der Waals surface area contributed by atoms with E-state index in [2.05, 4.69) is 15.4 Å². The maximum Gasteiger partial charge on any atom is 0.227 e. The number of amides is 2. The highest BCUT2D eigenvalue weighted by Gasteiger charge is 2.35. The fourth-order valence-electron chi connectivity index (χ4n) is 3.10. The second kappa shape index (κ2) is 6.76. The van der Waals surface area contributed by atoms with Crippen molar-refractivity contribution < 1.29 is 9.59 Å². The largest absolute Gasteiger partial charge is 0.352 e. The highest BCUT2D eigenvalue weighted by atomic mass is 35.5. The van der Waals surface area contributed by atoms with E-state index in [-0.39, 0.29) is 18.2 Å². The van der Waals surface area contributed by atoms with Crippen LogP contribution in [0.2, 0.25) is 5.02 Å². The molecule has 1 aliphatic rings. The van der Waals surface area contributed by atoms with E-state index in [1.165, 1.54) is 0 Å². The van der Waals surface area contributed by atoms with Gasteiger partial charge in [-0.25, -0.2) is 9.50 Å². The Morgan fingerprint density at radius 3 is 3.08 bits per heavy atom. The van der Waals surface area contributed by atoms with Crippen LogP contribution >= 0.6 is 11.6 Å². The molecule has 2 amide bonds. The maximum absolute atomic E-state index is 12.5. The van der Waals surface area contributed by atoms with E-state index in [9.17, 15) is 9.59 Å². The molecule has 1 fully saturated rings. The summed E-state index contributed by atoms with van der Waals surface area (Å²) < 4.78 is 1.65. The Kier molecular flexibility index (Phi) is 4.30. The molecule has 132 valence electrons. The first-order valence-corrected chi connectivity index (χ1v) is 8.60. The van der Waals surface area contributed by atoms with Gasteiger partial charge in [-0.2, -0.15) is 5.10 Å². The van der Waals surface area contributed by atoms with Gasteiger partial charge < -0.3 is 10.2 Å². The van der Waals surface area contributed by atoms with Crippen LogP contribution in [0.1, 0.15) is 12.0 Å². The molecule has 1 aromatic carbocycles. The molecular weight excluding hydrogens is 354 g/mol. The molecular formula is C18H16ClN5O2. The number of benzene rings is 1. The highest BCUT2D eigenvalue weighted by Crippen LogP contribution is 2.27. The number of fused-ring (bicyclic) bond motifs is 1. The van der Waals surface area contributed by atoms with Crippen molar-refractivity contribution in [1.82, 2.24) is 19.9 Å². The van der Waals surface area contributed by atoms with Gasteiger partial charge in [-0.05, 0) is 24.3 Å². The van der Waals surface area contributed by atoms with Crippen LogP contribution in [0.25, 0.3) is 5.65 Å². The second-order valence-corrected chi connectivity index (χ2v) is 6.60. The zero-order valence-corrected chi connectivity index (χ0v) is 14.6. The maximum atomic E-state index is 12.5. The first kappa shape index (κ1) is 16.5. The van der Waals surface area contributed by atoms with Crippen molar-refractivity contribution >= 4 is 34.7 Å². The van der Waals surface area contributed by atoms with Crippen LogP contribution in [0.3, 0.4) is 0 Å². The van der Waals surface area contributed by atoms with Crippen LogP contribution < -0.4 is 10.2 Å². The lowest BCUT2D eigenvalue weighted by Crippen LogP contribution is -2.32. The summed E-state index contributed by atoms with van der Waals surface area (Å²) in [5.41, 5.74) is 2.25. The van der Waals surface area contributed by atoms with Crippen LogP contribution in [-0.4, -0.2) is 33.0 Å². The molecule has 1 N–H and O–H groups in total. The minimum Gasteiger partial charge on any atom is -0.352 e. The van der Waals surface area contributed by atoms with Crippen molar-refractivity contribution in [2.45, 2.75) is 13.0 Å². The van der Waals surface area contributed by atoms with E-state index in [4.69, 9.17) is 11.6 Å². The molecule has 3 heterocycles. The Hall–Kier alpha value is -2.93. The number of anilines is 1. The summed E-state index contributed by atoms with van der Waals surface area (Å²) in [7, 11) is 0. The molecule has 4 rings (SSSR count). The van der Waals surface area contributed by atoms with Crippen molar-refractivity contribution in [3.05, 3.63) is 59.5 Å². The van der Waals surface area contributed by atoms with Gasteiger partial charge in [0.1, 0.15) is 0 Å². The zero-order chi connectivity index (χ0) is 18.1. The Morgan fingerprint density at radius 1 is 1.35 bits per heavy atom. The van der Waals surface area contributed by atoms with Gasteiger partial charge in [0.05, 0.1) is 12.1 Å². The Bertz CT molecular complexity index is 986. The Labute approximate surface area is 154 Å². The van der Waals surface area contributed by atoms with Crippen LogP contribution in [0.15, 0.2) is 48.9 Å². The van der Waals surface area contributed by atoms with Gasteiger partial charge in [0, 0.05) is 48.2 Å². The number of halogens is 1. The molecule has 0 saturated carbocycles. The number of carbonyl (C=O) groups is 2. The first-order valence-electron chi connectivity index (χ1n) is 8.23. The number of rotatable bonds is 4. The van der Waals surface area contributed by atoms with E-state index in [1.807, 2.05) is 6.07 Å². The smallest absolute Gasteiger partial charge is 0.227 e. The molecule has 1 atom stereocenters. The number of hydrogen-bond donors (Lipinski definition) is 1. The molecule has 1 saturated heterocycles. The monoisotopic (exact) mass is 369 g/mol. The molecule has 0 aliphatic carbocycles. The van der Waals surface area contributed by atoms with Crippen molar-refractivity contribution in [1.29, 1.82) is 0 Å². The standard InChI is InChI=1S/C18H16ClN5O2/c19-14-3-1-4-15(8-14)23-11-12(7-16(23)25)18(26)21-9-13-10-22-24-6-2-5-20-17(13)24/h1-6,8,10,12H,7,9,11H2,(H,21,26). The lowest BCUT2D eigenvalue weighted by Gasteiger charge is -2.17. The van der Waals surface area contributed by atoms with Gasteiger partial charge in [0.2, 0.25) is 11.8 Å². The van der Waals surface area contributed by atoms with E-state index in [0.717, 1.165) is 5.56 Å². The van der Waals surface area contributed by atoms with Crippen molar-refractivity contribution in [3.8, 4) is 0 Å². The first-order chi connectivity index (χ1) is 12.6. The quantitative estimate of drug-likeness (QED) is 0.763. The SMILES string of the molecule is O=C(NCc1cnn2cccnc12)C1CC(=O)N(c2cccc(Cl)c2)C1. The van der Waals surface area contributed by atoms with Crippen LogP contribution in [0.4, 0.5) is 5.69 Å². The van der Waals surface area contributed by atoms with E-state index < -0.39 is 5.92 Å². The minimum absolute atomic E-state index is 0.0786. The number of hydrogen-bond acceptors (Lipinski definition) is 4. The number of aromatic nitrogens is 3. The summed E-state index contributed by atoms with van der Waals surface area (Å²) in [4.78, 5) is 30.7. The predicted octanol–water partition coefficient (Wildman–Crippen LogP) is 2.05. The van der Waals surface area contributed by atoms with Crippen LogP contribution in [0, 0.1) is 5.92 Å². The molecule has 0 bridgehead atoms. The lowest BCUT2D eigenvalue weighted by molar-refractivity contribution is -0.126. The summed E-state index contributed by atoms with van der Waals surface area (Å²) in [5, 5.41) is 7.64. The zero-order valence-electron chi connectivity index (χ0n) is 13.8. The van der Waals surface area contributed by atoms with E-state index in [0.29, 0.717) is 29.4 Å². The third kappa shape index (κ3) is 3.13. The van der Waals surface area contributed by atoms with Gasteiger partial charge >= 0.3 is 0 Å². The van der Waals surface area contributed by atoms with Gasteiger partial charge in [0.25, 0.3) is 0 Å². The van der Waals surface area contributed by atoms with Crippen molar-refractivity contribution in [3.63, 3.8) is 0 Å². The molecule has 0 spiro atoms. The lowest BCUT2D eigenvalue weighted by atomic mass is 10.1. The Morgan fingerprint density at radius 2 is 2.23 bits per heavy atom. The molecule has 8 heteroatoms. The fourth-order valence-corrected chi connectivity index (χ4v) is 3.29. The molecule has 7 nitrogen and oxygen atoms in total. The predicted molar refractivity (Wildman–Crippen MR) is 96.7 cm³/mol. The summed E-state index contributed by atoms with van der Waals surface area (Å²) in [6.45, 7) is 0.666. The molecule has 0 radical (unpaired) electrons. The molecule has 2 aromatic heterocycles. The van der Waals surface area contributed by atoms with E-state index in [1.54, 1.807) is 52.3 Å². The van der Waals surface area contributed by atoms with Gasteiger partial charge in [-0.1, -0.05) is 17.7 Å². The highest BCUT2D eigenvalue weighted by molar-refractivity contribution is 6.31. The van der Waals surface area contributed by atoms with Gasteiger partial charge in [-0.3, -0.25) is 9.59 Å².